The van der Waals surface area contributed by atoms with Crippen molar-refractivity contribution >= 4 is 29.0 Å². The highest BCUT2D eigenvalue weighted by Crippen LogP contribution is 2.27. The molecular weight excluding hydrogens is 302 g/mol. The second kappa shape index (κ2) is 8.22. The average Bonchev–Trinajstić information content (AvgIpc) is 2.99. The van der Waals surface area contributed by atoms with Crippen molar-refractivity contribution in [2.24, 2.45) is 0 Å². The number of amides is 1. The number of thioether (sulfide) groups is 1. The molecule has 0 radical (unpaired) electrons. The standard InChI is InChI=1S/C16H19NO2S2/c1-12(8-9-18)17-16(19)14-6-2-3-7-15(14)21-11-13-5-4-10-20-13/h2-7,10,12,18H,8-9,11H2,1H3,(H,17,19)/t12-/m1/s1. The predicted octanol–water partition coefficient (Wildman–Crippen LogP) is 3.54. The van der Waals surface area contributed by atoms with Crippen LogP contribution in [0.25, 0.3) is 0 Å². The number of carbonyl (C=O) groups is 1. The van der Waals surface area contributed by atoms with Crippen molar-refractivity contribution in [1.29, 1.82) is 0 Å². The Morgan fingerprint density at radius 3 is 2.86 bits per heavy atom. The summed E-state index contributed by atoms with van der Waals surface area (Å²) in [6.07, 6.45) is 0.566. The zero-order valence-corrected chi connectivity index (χ0v) is 13.5. The Bertz CT molecular complexity index is 569. The second-order valence-electron chi connectivity index (χ2n) is 4.75. The van der Waals surface area contributed by atoms with Crippen molar-refractivity contribution in [3.63, 3.8) is 0 Å². The van der Waals surface area contributed by atoms with Gasteiger partial charge in [0.05, 0.1) is 5.56 Å². The maximum absolute atomic E-state index is 12.3. The van der Waals surface area contributed by atoms with Crippen molar-refractivity contribution in [3.8, 4) is 0 Å². The van der Waals surface area contributed by atoms with E-state index in [-0.39, 0.29) is 18.6 Å². The lowest BCUT2D eigenvalue weighted by molar-refractivity contribution is 0.0931. The van der Waals surface area contributed by atoms with Gasteiger partial charge >= 0.3 is 0 Å². The van der Waals surface area contributed by atoms with Crippen LogP contribution < -0.4 is 5.32 Å². The maximum Gasteiger partial charge on any atom is 0.252 e. The molecule has 5 heteroatoms. The molecule has 0 aliphatic carbocycles. The first-order valence-electron chi connectivity index (χ1n) is 6.86. The monoisotopic (exact) mass is 321 g/mol. The van der Waals surface area contributed by atoms with Gasteiger partial charge in [-0.2, -0.15) is 0 Å². The number of nitrogens with one attached hydrogen (secondary N) is 1. The Kier molecular flexibility index (Phi) is 6.29. The Balaban J connectivity index is 2.03. The topological polar surface area (TPSA) is 49.3 Å². The molecule has 0 saturated heterocycles. The van der Waals surface area contributed by atoms with Gasteiger partial charge in [-0.3, -0.25) is 4.79 Å². The minimum Gasteiger partial charge on any atom is -0.396 e. The zero-order valence-electron chi connectivity index (χ0n) is 11.9. The Labute approximate surface area is 133 Å². The zero-order chi connectivity index (χ0) is 15.1. The third-order valence-corrected chi connectivity index (χ3v) is 5.20. The third-order valence-electron chi connectivity index (χ3n) is 3.02. The van der Waals surface area contributed by atoms with E-state index in [1.807, 2.05) is 37.3 Å². The summed E-state index contributed by atoms with van der Waals surface area (Å²) in [5.41, 5.74) is 0.698. The Morgan fingerprint density at radius 1 is 1.33 bits per heavy atom. The molecule has 0 fully saturated rings. The summed E-state index contributed by atoms with van der Waals surface area (Å²) in [5, 5.41) is 13.9. The van der Waals surface area contributed by atoms with Crippen LogP contribution >= 0.6 is 23.1 Å². The minimum atomic E-state index is -0.0785. The molecule has 21 heavy (non-hydrogen) atoms. The van der Waals surface area contributed by atoms with E-state index in [4.69, 9.17) is 5.11 Å². The highest BCUT2D eigenvalue weighted by molar-refractivity contribution is 7.98. The van der Waals surface area contributed by atoms with Gasteiger partial charge in [-0.1, -0.05) is 18.2 Å². The Morgan fingerprint density at radius 2 is 2.14 bits per heavy atom. The second-order valence-corrected chi connectivity index (χ2v) is 6.80. The number of aliphatic hydroxyl groups excluding tert-OH is 1. The predicted molar refractivity (Wildman–Crippen MR) is 89.0 cm³/mol. The summed E-state index contributed by atoms with van der Waals surface area (Å²) >= 11 is 3.40. The summed E-state index contributed by atoms with van der Waals surface area (Å²) < 4.78 is 0. The van der Waals surface area contributed by atoms with Gasteiger partial charge in [0.15, 0.2) is 0 Å². The van der Waals surface area contributed by atoms with Crippen LogP contribution in [0, 0.1) is 0 Å². The lowest BCUT2D eigenvalue weighted by atomic mass is 10.2. The van der Waals surface area contributed by atoms with Crippen LogP contribution in [0.5, 0.6) is 0 Å². The molecule has 1 heterocycles. The molecule has 0 unspecified atom stereocenters. The number of carbonyl (C=O) groups excluding carboxylic acids is 1. The van der Waals surface area contributed by atoms with Crippen molar-refractivity contribution in [3.05, 3.63) is 52.2 Å². The van der Waals surface area contributed by atoms with Crippen LogP contribution in [0.2, 0.25) is 0 Å². The molecule has 1 atom stereocenters. The fraction of sp³-hybridized carbons (Fsp3) is 0.312. The number of rotatable bonds is 7. The normalized spacial score (nSPS) is 12.1. The van der Waals surface area contributed by atoms with Crippen LogP contribution in [0.3, 0.4) is 0 Å². The smallest absolute Gasteiger partial charge is 0.252 e. The SMILES string of the molecule is C[C@H](CCO)NC(=O)c1ccccc1SCc1cccs1. The number of hydrogen-bond donors (Lipinski definition) is 2. The van der Waals surface area contributed by atoms with Gasteiger partial charge in [0.1, 0.15) is 0 Å². The molecule has 2 aromatic rings. The number of thiophene rings is 1. The molecule has 0 spiro atoms. The van der Waals surface area contributed by atoms with Crippen LogP contribution in [0.1, 0.15) is 28.6 Å². The van der Waals surface area contributed by atoms with E-state index in [0.717, 1.165) is 10.6 Å². The minimum absolute atomic E-state index is 0.0298. The molecule has 0 saturated carbocycles. The van der Waals surface area contributed by atoms with Gasteiger partial charge in [0.2, 0.25) is 0 Å². The fourth-order valence-corrected chi connectivity index (χ4v) is 3.71. The van der Waals surface area contributed by atoms with E-state index in [1.165, 1.54) is 4.88 Å². The molecule has 1 aromatic carbocycles. The highest BCUT2D eigenvalue weighted by Gasteiger charge is 2.13. The molecule has 2 N–H and O–H groups in total. The lowest BCUT2D eigenvalue weighted by Crippen LogP contribution is -2.33. The molecule has 112 valence electrons. The van der Waals surface area contributed by atoms with Crippen LogP contribution in [0.4, 0.5) is 0 Å². The van der Waals surface area contributed by atoms with E-state index in [1.54, 1.807) is 23.1 Å². The summed E-state index contributed by atoms with van der Waals surface area (Å²) in [5.74, 6) is 0.791. The van der Waals surface area contributed by atoms with Gasteiger partial charge in [0, 0.05) is 28.2 Å². The van der Waals surface area contributed by atoms with Crippen LogP contribution in [0.15, 0.2) is 46.7 Å². The molecular formula is C16H19NO2S2. The van der Waals surface area contributed by atoms with Crippen molar-refractivity contribution in [2.75, 3.05) is 6.61 Å². The quantitative estimate of drug-likeness (QED) is 0.767. The molecule has 2 rings (SSSR count). The molecule has 0 aliphatic rings. The number of aliphatic hydroxyl groups is 1. The van der Waals surface area contributed by atoms with E-state index in [2.05, 4.69) is 16.8 Å². The summed E-state index contributed by atoms with van der Waals surface area (Å²) in [6.45, 7) is 1.98. The van der Waals surface area contributed by atoms with Gasteiger partial charge in [-0.05, 0) is 36.9 Å². The molecule has 3 nitrogen and oxygen atoms in total. The van der Waals surface area contributed by atoms with Gasteiger partial charge < -0.3 is 10.4 Å². The highest BCUT2D eigenvalue weighted by atomic mass is 32.2. The number of benzene rings is 1. The molecule has 0 aliphatic heterocycles. The first-order valence-corrected chi connectivity index (χ1v) is 8.73. The van der Waals surface area contributed by atoms with Crippen molar-refractivity contribution < 1.29 is 9.90 Å². The number of hydrogen-bond acceptors (Lipinski definition) is 4. The lowest BCUT2D eigenvalue weighted by Gasteiger charge is -2.14. The van der Waals surface area contributed by atoms with Gasteiger partial charge in [-0.25, -0.2) is 0 Å². The average molecular weight is 321 g/mol. The summed E-state index contributed by atoms with van der Waals surface area (Å²) in [6, 6.07) is 11.8. The first kappa shape index (κ1) is 16.1. The van der Waals surface area contributed by atoms with E-state index >= 15 is 0 Å². The van der Waals surface area contributed by atoms with E-state index in [0.29, 0.717) is 12.0 Å². The van der Waals surface area contributed by atoms with Crippen LogP contribution in [-0.4, -0.2) is 23.7 Å². The van der Waals surface area contributed by atoms with Crippen molar-refractivity contribution in [1.82, 2.24) is 5.32 Å². The summed E-state index contributed by atoms with van der Waals surface area (Å²) in [7, 11) is 0. The molecule has 0 bridgehead atoms. The van der Waals surface area contributed by atoms with Gasteiger partial charge in [0.25, 0.3) is 5.91 Å². The summed E-state index contributed by atoms with van der Waals surface area (Å²) in [4.78, 5) is 14.6. The fourth-order valence-electron chi connectivity index (χ4n) is 1.89. The Hall–Kier alpha value is -1.30. The largest absolute Gasteiger partial charge is 0.396 e. The molecule has 1 amide bonds. The van der Waals surface area contributed by atoms with Crippen LogP contribution in [-0.2, 0) is 5.75 Å². The third kappa shape index (κ3) is 4.88. The van der Waals surface area contributed by atoms with E-state index in [9.17, 15) is 4.79 Å². The van der Waals surface area contributed by atoms with E-state index < -0.39 is 0 Å². The molecule has 1 aromatic heterocycles. The van der Waals surface area contributed by atoms with Gasteiger partial charge in [-0.15, -0.1) is 23.1 Å². The first-order chi connectivity index (χ1) is 10.2. The van der Waals surface area contributed by atoms with Crippen molar-refractivity contribution in [2.45, 2.75) is 30.0 Å². The maximum atomic E-state index is 12.3.